The van der Waals surface area contributed by atoms with E-state index in [4.69, 9.17) is 27.9 Å². The van der Waals surface area contributed by atoms with Crippen LogP contribution >= 0.6 is 23.2 Å². The summed E-state index contributed by atoms with van der Waals surface area (Å²) in [5.41, 5.74) is 0.341. The summed E-state index contributed by atoms with van der Waals surface area (Å²) in [6, 6.07) is 4.80. The van der Waals surface area contributed by atoms with Gasteiger partial charge in [-0.1, -0.05) is 23.2 Å². The van der Waals surface area contributed by atoms with Gasteiger partial charge < -0.3 is 9.64 Å². The summed E-state index contributed by atoms with van der Waals surface area (Å²) < 4.78 is 33.0. The number of likely N-dealkylation sites (tertiary alicyclic amines) is 1. The zero-order chi connectivity index (χ0) is 22.8. The summed E-state index contributed by atoms with van der Waals surface area (Å²) >= 11 is 12.0. The standard InChI is InChI=1S/C20H21Cl2N3O5S/c1-12-9-14(6-7-15(12)22)31(28,29)24-16-10-13(21)11-23-18(16)19(26)25-8-4-3-5-17(25)20(27)30-2/h6-7,9-11,17,24H,3-5,8H2,1-2H3. The number of methoxy groups -OCH3 is 1. The number of carbonyl (C=O) groups excluding carboxylic acids is 2. The number of anilines is 1. The molecule has 31 heavy (non-hydrogen) atoms. The molecule has 2 aromatic rings. The summed E-state index contributed by atoms with van der Waals surface area (Å²) in [5.74, 6) is -1.11. The molecule has 1 N–H and O–H groups in total. The Hall–Kier alpha value is -2.36. The van der Waals surface area contributed by atoms with Crippen molar-refractivity contribution < 1.29 is 22.7 Å². The predicted molar refractivity (Wildman–Crippen MR) is 117 cm³/mol. The Morgan fingerprint density at radius 2 is 1.97 bits per heavy atom. The first-order chi connectivity index (χ1) is 14.6. The van der Waals surface area contributed by atoms with E-state index in [0.717, 1.165) is 6.42 Å². The summed E-state index contributed by atoms with van der Waals surface area (Å²) in [7, 11) is -2.80. The highest BCUT2D eigenvalue weighted by molar-refractivity contribution is 7.92. The van der Waals surface area contributed by atoms with Crippen molar-refractivity contribution >= 4 is 50.8 Å². The summed E-state index contributed by atoms with van der Waals surface area (Å²) in [6.45, 7) is 2.01. The number of nitrogens with one attached hydrogen (secondary N) is 1. The third kappa shape index (κ3) is 5.11. The molecule has 2 heterocycles. The maximum atomic E-state index is 13.2. The van der Waals surface area contributed by atoms with Crippen LogP contribution in [0.1, 0.15) is 35.3 Å². The van der Waals surface area contributed by atoms with E-state index in [2.05, 4.69) is 9.71 Å². The van der Waals surface area contributed by atoms with Gasteiger partial charge in [0, 0.05) is 17.8 Å². The molecule has 0 aliphatic carbocycles. The lowest BCUT2D eigenvalue weighted by atomic mass is 10.0. The van der Waals surface area contributed by atoms with E-state index in [9.17, 15) is 18.0 Å². The molecule has 1 aliphatic rings. The van der Waals surface area contributed by atoms with Crippen LogP contribution in [0.4, 0.5) is 5.69 Å². The Morgan fingerprint density at radius 3 is 2.65 bits per heavy atom. The third-order valence-electron chi connectivity index (χ3n) is 4.98. The van der Waals surface area contributed by atoms with Gasteiger partial charge in [-0.15, -0.1) is 0 Å². The normalized spacial score (nSPS) is 16.6. The molecule has 1 aromatic carbocycles. The lowest BCUT2D eigenvalue weighted by Gasteiger charge is -2.33. The van der Waals surface area contributed by atoms with Gasteiger partial charge in [0.15, 0.2) is 5.69 Å². The monoisotopic (exact) mass is 485 g/mol. The third-order valence-corrected chi connectivity index (χ3v) is 6.97. The van der Waals surface area contributed by atoms with Gasteiger partial charge in [-0.05, 0) is 56.0 Å². The minimum absolute atomic E-state index is 0.0295. The van der Waals surface area contributed by atoms with Crippen molar-refractivity contribution in [3.8, 4) is 0 Å². The van der Waals surface area contributed by atoms with Gasteiger partial charge in [-0.25, -0.2) is 18.2 Å². The first-order valence-electron chi connectivity index (χ1n) is 9.47. The summed E-state index contributed by atoms with van der Waals surface area (Å²) in [6.07, 6.45) is 3.18. The van der Waals surface area contributed by atoms with Crippen LogP contribution in [0.25, 0.3) is 0 Å². The number of aromatic nitrogens is 1. The van der Waals surface area contributed by atoms with E-state index >= 15 is 0 Å². The molecule has 0 saturated carbocycles. The molecule has 0 radical (unpaired) electrons. The molecule has 1 fully saturated rings. The molecular weight excluding hydrogens is 465 g/mol. The van der Waals surface area contributed by atoms with Gasteiger partial charge >= 0.3 is 5.97 Å². The van der Waals surface area contributed by atoms with Crippen LogP contribution in [0, 0.1) is 6.92 Å². The SMILES string of the molecule is COC(=O)C1CCCCN1C(=O)c1ncc(Cl)cc1NS(=O)(=O)c1ccc(Cl)c(C)c1. The average molecular weight is 486 g/mol. The van der Waals surface area contributed by atoms with Crippen LogP contribution in [0.2, 0.25) is 10.0 Å². The Balaban J connectivity index is 1.97. The second-order valence-electron chi connectivity index (χ2n) is 7.10. The number of sulfonamides is 1. The molecule has 1 saturated heterocycles. The van der Waals surface area contributed by atoms with E-state index in [1.54, 1.807) is 6.92 Å². The van der Waals surface area contributed by atoms with E-state index in [1.165, 1.54) is 42.5 Å². The topological polar surface area (TPSA) is 106 Å². The number of halogens is 2. The highest BCUT2D eigenvalue weighted by Crippen LogP contribution is 2.27. The number of pyridine rings is 1. The van der Waals surface area contributed by atoms with Crippen molar-refractivity contribution in [2.75, 3.05) is 18.4 Å². The average Bonchev–Trinajstić information content (AvgIpc) is 2.74. The Kier molecular flexibility index (Phi) is 7.08. The lowest BCUT2D eigenvalue weighted by Crippen LogP contribution is -2.48. The number of piperidine rings is 1. The van der Waals surface area contributed by atoms with E-state index < -0.39 is 27.9 Å². The van der Waals surface area contributed by atoms with Crippen molar-refractivity contribution in [1.29, 1.82) is 0 Å². The maximum Gasteiger partial charge on any atom is 0.328 e. The van der Waals surface area contributed by atoms with Gasteiger partial charge in [-0.2, -0.15) is 0 Å². The van der Waals surface area contributed by atoms with Crippen molar-refractivity contribution in [2.45, 2.75) is 37.1 Å². The molecule has 166 valence electrons. The molecular formula is C20H21Cl2N3O5S. The molecule has 1 amide bonds. The lowest BCUT2D eigenvalue weighted by molar-refractivity contribution is -0.147. The Labute approximate surface area is 190 Å². The first-order valence-corrected chi connectivity index (χ1v) is 11.7. The second-order valence-corrected chi connectivity index (χ2v) is 9.63. The first kappa shape index (κ1) is 23.3. The zero-order valence-electron chi connectivity index (χ0n) is 16.9. The number of ether oxygens (including phenoxy) is 1. The van der Waals surface area contributed by atoms with Crippen molar-refractivity contribution in [1.82, 2.24) is 9.88 Å². The van der Waals surface area contributed by atoms with Crippen molar-refractivity contribution in [3.05, 3.63) is 51.8 Å². The van der Waals surface area contributed by atoms with Gasteiger partial charge in [0.25, 0.3) is 15.9 Å². The fraction of sp³-hybridized carbons (Fsp3) is 0.350. The number of benzene rings is 1. The number of rotatable bonds is 5. The minimum atomic E-state index is -4.06. The number of esters is 1. The quantitative estimate of drug-likeness (QED) is 0.647. The van der Waals surface area contributed by atoms with E-state index in [0.29, 0.717) is 30.0 Å². The van der Waals surface area contributed by atoms with Crippen molar-refractivity contribution in [2.24, 2.45) is 0 Å². The van der Waals surface area contributed by atoms with Crippen LogP contribution in [0.5, 0.6) is 0 Å². The highest BCUT2D eigenvalue weighted by atomic mass is 35.5. The predicted octanol–water partition coefficient (Wildman–Crippen LogP) is 3.67. The molecule has 1 aliphatic heterocycles. The van der Waals surface area contributed by atoms with Crippen LogP contribution in [-0.2, 0) is 19.6 Å². The molecule has 3 rings (SSSR count). The summed E-state index contributed by atoms with van der Waals surface area (Å²) in [4.78, 5) is 30.8. The number of aryl methyl sites for hydroxylation is 1. The van der Waals surface area contributed by atoms with Gasteiger partial charge in [0.05, 0.1) is 22.7 Å². The fourth-order valence-corrected chi connectivity index (χ4v) is 4.78. The molecule has 0 spiro atoms. The number of carbonyl (C=O) groups is 2. The van der Waals surface area contributed by atoms with Gasteiger partial charge in [0.1, 0.15) is 6.04 Å². The Bertz CT molecular complexity index is 1120. The van der Waals surface area contributed by atoms with E-state index in [-0.39, 0.29) is 21.3 Å². The van der Waals surface area contributed by atoms with Crippen molar-refractivity contribution in [3.63, 3.8) is 0 Å². The molecule has 8 nitrogen and oxygen atoms in total. The summed E-state index contributed by atoms with van der Waals surface area (Å²) in [5, 5.41) is 0.572. The number of hydrogen-bond acceptors (Lipinski definition) is 6. The largest absolute Gasteiger partial charge is 0.467 e. The van der Waals surface area contributed by atoms with Crippen LogP contribution in [-0.4, -0.2) is 49.9 Å². The van der Waals surface area contributed by atoms with Crippen LogP contribution < -0.4 is 4.72 Å². The molecule has 1 unspecified atom stereocenters. The molecule has 11 heteroatoms. The zero-order valence-corrected chi connectivity index (χ0v) is 19.2. The minimum Gasteiger partial charge on any atom is -0.467 e. The fourth-order valence-electron chi connectivity index (χ4n) is 3.37. The second kappa shape index (κ2) is 9.42. The van der Waals surface area contributed by atoms with Crippen LogP contribution in [0.3, 0.4) is 0 Å². The number of amides is 1. The molecule has 1 aromatic heterocycles. The van der Waals surface area contributed by atoms with Gasteiger partial charge in [0.2, 0.25) is 0 Å². The van der Waals surface area contributed by atoms with Gasteiger partial charge in [-0.3, -0.25) is 9.52 Å². The smallest absolute Gasteiger partial charge is 0.328 e. The molecule has 1 atom stereocenters. The molecule has 0 bridgehead atoms. The number of nitrogens with zero attached hydrogens (tertiary/aromatic N) is 2. The van der Waals surface area contributed by atoms with E-state index in [1.807, 2.05) is 0 Å². The maximum absolute atomic E-state index is 13.2. The number of hydrogen-bond donors (Lipinski definition) is 1. The highest BCUT2D eigenvalue weighted by Gasteiger charge is 2.35. The Morgan fingerprint density at radius 1 is 1.23 bits per heavy atom. The van der Waals surface area contributed by atoms with Crippen LogP contribution in [0.15, 0.2) is 35.4 Å².